The van der Waals surface area contributed by atoms with Crippen LogP contribution in [-0.4, -0.2) is 29.4 Å². The number of ether oxygens (including phenoxy) is 1. The average molecular weight is 190 g/mol. The first-order valence-electron chi connectivity index (χ1n) is 4.91. The Morgan fingerprint density at radius 1 is 1.17 bits per heavy atom. The van der Waals surface area contributed by atoms with Crippen molar-refractivity contribution >= 4 is 9.04 Å². The molecule has 0 aliphatic heterocycles. The zero-order valence-electron chi connectivity index (χ0n) is 8.64. The maximum atomic E-state index is 5.70. The summed E-state index contributed by atoms with van der Waals surface area (Å²) in [6.07, 6.45) is 3.66. The molecular formula is C9H22O2Si. The van der Waals surface area contributed by atoms with Gasteiger partial charge in [-0.05, 0) is 19.0 Å². The van der Waals surface area contributed by atoms with Crippen molar-refractivity contribution in [1.82, 2.24) is 0 Å². The van der Waals surface area contributed by atoms with Gasteiger partial charge in [0.1, 0.15) is 0 Å². The molecule has 0 radical (unpaired) electrons. The molecule has 3 heteroatoms. The smallest absolute Gasteiger partial charge is 0.173 e. The average Bonchev–Trinajstić information content (AvgIpc) is 2.09. The number of methoxy groups -OCH3 is 1. The molecule has 74 valence electrons. The molecule has 0 spiro atoms. The highest BCUT2D eigenvalue weighted by atomic mass is 28.3. The minimum atomic E-state index is -0.818. The lowest BCUT2D eigenvalue weighted by atomic mass is 10.4. The van der Waals surface area contributed by atoms with E-state index in [4.69, 9.17) is 9.16 Å². The molecule has 0 aromatic carbocycles. The Labute approximate surface area is 78.0 Å². The van der Waals surface area contributed by atoms with Gasteiger partial charge in [0.2, 0.25) is 0 Å². The summed E-state index contributed by atoms with van der Waals surface area (Å²) >= 11 is 0. The number of rotatable bonds is 8. The van der Waals surface area contributed by atoms with Gasteiger partial charge in [-0.2, -0.15) is 0 Å². The van der Waals surface area contributed by atoms with Crippen molar-refractivity contribution in [3.8, 4) is 0 Å². The summed E-state index contributed by atoms with van der Waals surface area (Å²) in [5, 5.41) is 0. The molecule has 0 saturated heterocycles. The van der Waals surface area contributed by atoms with E-state index in [1.165, 1.54) is 18.9 Å². The fourth-order valence-electron chi connectivity index (χ4n) is 1.06. The fourth-order valence-corrected chi connectivity index (χ4v) is 2.78. The molecule has 0 heterocycles. The summed E-state index contributed by atoms with van der Waals surface area (Å²) in [5.74, 6) is 0. The van der Waals surface area contributed by atoms with E-state index in [9.17, 15) is 0 Å². The highest BCUT2D eigenvalue weighted by Crippen LogP contribution is 2.02. The quantitative estimate of drug-likeness (QED) is 0.431. The minimum Gasteiger partial charge on any atom is -0.420 e. The van der Waals surface area contributed by atoms with E-state index in [1.807, 2.05) is 0 Å². The molecule has 0 aromatic rings. The topological polar surface area (TPSA) is 18.5 Å². The minimum absolute atomic E-state index is 0.818. The molecule has 1 unspecified atom stereocenters. The second-order valence-electron chi connectivity index (χ2n) is 3.17. The van der Waals surface area contributed by atoms with Crippen LogP contribution in [0.4, 0.5) is 0 Å². The van der Waals surface area contributed by atoms with Crippen molar-refractivity contribution in [2.45, 2.75) is 38.8 Å². The summed E-state index contributed by atoms with van der Waals surface area (Å²) < 4.78 is 10.6. The van der Waals surface area contributed by atoms with E-state index in [-0.39, 0.29) is 0 Å². The van der Waals surface area contributed by atoms with Crippen LogP contribution in [0.3, 0.4) is 0 Å². The van der Waals surface area contributed by atoms with Crippen LogP contribution in [0, 0.1) is 0 Å². The molecule has 0 saturated carbocycles. The third-order valence-corrected chi connectivity index (χ3v) is 3.89. The molecule has 1 atom stereocenters. The summed E-state index contributed by atoms with van der Waals surface area (Å²) in [6, 6.07) is 1.32. The number of hydrogen-bond donors (Lipinski definition) is 0. The van der Waals surface area contributed by atoms with Gasteiger partial charge < -0.3 is 9.16 Å². The van der Waals surface area contributed by atoms with Crippen molar-refractivity contribution in [2.24, 2.45) is 0 Å². The molecule has 0 rings (SSSR count). The van der Waals surface area contributed by atoms with Crippen LogP contribution >= 0.6 is 0 Å². The third-order valence-electron chi connectivity index (χ3n) is 1.86. The highest BCUT2D eigenvalue weighted by Gasteiger charge is 2.02. The molecule has 0 N–H and O–H groups in total. The molecule has 2 nitrogen and oxygen atoms in total. The molecule has 0 aliphatic carbocycles. The van der Waals surface area contributed by atoms with Gasteiger partial charge in [0.15, 0.2) is 9.04 Å². The summed E-state index contributed by atoms with van der Waals surface area (Å²) in [5.41, 5.74) is 0. The van der Waals surface area contributed by atoms with Crippen LogP contribution in [-0.2, 0) is 9.16 Å². The monoisotopic (exact) mass is 190 g/mol. The molecule has 0 fully saturated rings. The Kier molecular flexibility index (Phi) is 9.33. The van der Waals surface area contributed by atoms with E-state index >= 15 is 0 Å². The zero-order valence-corrected chi connectivity index (χ0v) is 9.79. The van der Waals surface area contributed by atoms with Crippen LogP contribution in [0.15, 0.2) is 0 Å². The molecular weight excluding hydrogens is 168 g/mol. The molecule has 0 aromatic heterocycles. The van der Waals surface area contributed by atoms with Gasteiger partial charge >= 0.3 is 0 Å². The van der Waals surface area contributed by atoms with E-state index in [1.54, 1.807) is 7.11 Å². The molecule has 12 heavy (non-hydrogen) atoms. The third kappa shape index (κ3) is 8.24. The van der Waals surface area contributed by atoms with Crippen molar-refractivity contribution < 1.29 is 9.16 Å². The zero-order chi connectivity index (χ0) is 9.23. The van der Waals surface area contributed by atoms with Gasteiger partial charge in [0.25, 0.3) is 0 Å². The van der Waals surface area contributed by atoms with Gasteiger partial charge in [0.05, 0.1) is 0 Å². The normalized spacial score (nSPS) is 13.2. The van der Waals surface area contributed by atoms with Crippen molar-refractivity contribution in [2.75, 3.05) is 20.3 Å². The first-order chi connectivity index (χ1) is 5.81. The maximum absolute atomic E-state index is 5.70. The van der Waals surface area contributed by atoms with Gasteiger partial charge in [-0.1, -0.05) is 19.8 Å². The Bertz CT molecular complexity index is 88.6. The lowest BCUT2D eigenvalue weighted by molar-refractivity contribution is 0.172. The second-order valence-corrected chi connectivity index (χ2v) is 5.70. The first kappa shape index (κ1) is 12.1. The van der Waals surface area contributed by atoms with Gasteiger partial charge in [-0.15, -0.1) is 0 Å². The van der Waals surface area contributed by atoms with Crippen molar-refractivity contribution in [3.63, 3.8) is 0 Å². The van der Waals surface area contributed by atoms with Crippen molar-refractivity contribution in [1.29, 1.82) is 0 Å². The molecule has 0 amide bonds. The largest absolute Gasteiger partial charge is 0.420 e. The van der Waals surface area contributed by atoms with E-state index in [0.29, 0.717) is 0 Å². The van der Waals surface area contributed by atoms with Crippen LogP contribution in [0.2, 0.25) is 12.6 Å². The van der Waals surface area contributed by atoms with Crippen molar-refractivity contribution in [3.05, 3.63) is 0 Å². The van der Waals surface area contributed by atoms with E-state index < -0.39 is 9.04 Å². The highest BCUT2D eigenvalue weighted by molar-refractivity contribution is 6.50. The van der Waals surface area contributed by atoms with E-state index in [2.05, 4.69) is 13.5 Å². The summed E-state index contributed by atoms with van der Waals surface area (Å²) in [7, 11) is 0.916. The lowest BCUT2D eigenvalue weighted by Gasteiger charge is -2.10. The van der Waals surface area contributed by atoms with Crippen LogP contribution < -0.4 is 0 Å². The van der Waals surface area contributed by atoms with Gasteiger partial charge in [-0.25, -0.2) is 0 Å². The standard InChI is InChI=1S/C9H22O2Si/c1-4-5-9-12(3)11-8-6-7-10-2/h12H,4-9H2,1-3H3. The Morgan fingerprint density at radius 2 is 1.92 bits per heavy atom. The predicted molar refractivity (Wildman–Crippen MR) is 55.2 cm³/mol. The molecule has 0 bridgehead atoms. The number of unbranched alkanes of at least 4 members (excludes halogenated alkanes) is 1. The Morgan fingerprint density at radius 3 is 2.50 bits per heavy atom. The first-order valence-corrected chi connectivity index (χ1v) is 7.36. The number of hydrogen-bond acceptors (Lipinski definition) is 2. The fraction of sp³-hybridized carbons (Fsp3) is 1.00. The summed E-state index contributed by atoms with van der Waals surface area (Å²) in [6.45, 7) is 6.23. The van der Waals surface area contributed by atoms with Crippen LogP contribution in [0.5, 0.6) is 0 Å². The second kappa shape index (κ2) is 9.23. The Balaban J connectivity index is 3.02. The molecule has 0 aliphatic rings. The van der Waals surface area contributed by atoms with Crippen LogP contribution in [0.1, 0.15) is 26.2 Å². The predicted octanol–water partition coefficient (Wildman–Crippen LogP) is 2.19. The maximum Gasteiger partial charge on any atom is 0.173 e. The van der Waals surface area contributed by atoms with Crippen LogP contribution in [0.25, 0.3) is 0 Å². The summed E-state index contributed by atoms with van der Waals surface area (Å²) in [4.78, 5) is 0. The van der Waals surface area contributed by atoms with E-state index in [0.717, 1.165) is 19.6 Å². The SMILES string of the molecule is CCCC[SiH](C)OCCCOC. The lowest BCUT2D eigenvalue weighted by Crippen LogP contribution is -2.14. The van der Waals surface area contributed by atoms with Gasteiger partial charge in [0, 0.05) is 20.3 Å². The van der Waals surface area contributed by atoms with Gasteiger partial charge in [-0.3, -0.25) is 0 Å². The Hall–Kier alpha value is 0.137.